The highest BCUT2D eigenvalue weighted by atomic mass is 32.2. The molecule has 1 aliphatic heterocycles. The van der Waals surface area contributed by atoms with Gasteiger partial charge in [-0.2, -0.15) is 0 Å². The summed E-state index contributed by atoms with van der Waals surface area (Å²) in [5, 5.41) is 6.11. The molecule has 1 heterocycles. The van der Waals surface area contributed by atoms with Crippen molar-refractivity contribution in [3.8, 4) is 0 Å². The minimum atomic E-state index is 0.0251. The predicted octanol–water partition coefficient (Wildman–Crippen LogP) is 2.33. The molecule has 92 valence electrons. The molecule has 1 atom stereocenters. The van der Waals surface area contributed by atoms with E-state index >= 15 is 0 Å². The fourth-order valence-corrected chi connectivity index (χ4v) is 3.06. The van der Waals surface area contributed by atoms with Gasteiger partial charge in [0.25, 0.3) is 0 Å². The number of benzene rings is 1. The van der Waals surface area contributed by atoms with Crippen molar-refractivity contribution in [2.24, 2.45) is 0 Å². The summed E-state index contributed by atoms with van der Waals surface area (Å²) in [4.78, 5) is 13.1. The molecule has 1 aromatic carbocycles. The summed E-state index contributed by atoms with van der Waals surface area (Å²) < 4.78 is 0. The zero-order valence-corrected chi connectivity index (χ0v) is 11.3. The van der Waals surface area contributed by atoms with Crippen molar-refractivity contribution in [2.45, 2.75) is 30.4 Å². The number of thioether (sulfide) groups is 1. The Morgan fingerprint density at radius 1 is 1.35 bits per heavy atom. The van der Waals surface area contributed by atoms with Crippen LogP contribution in [0.2, 0.25) is 0 Å². The molecule has 0 fully saturated rings. The Kier molecular flexibility index (Phi) is 3.74. The Balaban J connectivity index is 2.22. The van der Waals surface area contributed by atoms with Gasteiger partial charge in [0.15, 0.2) is 0 Å². The van der Waals surface area contributed by atoms with Gasteiger partial charge in [-0.15, -0.1) is 11.8 Å². The third-order valence-corrected chi connectivity index (χ3v) is 4.40. The molecule has 0 saturated heterocycles. The quantitative estimate of drug-likeness (QED) is 0.865. The molecule has 0 aromatic heterocycles. The highest BCUT2D eigenvalue weighted by molar-refractivity contribution is 8.01. The van der Waals surface area contributed by atoms with Crippen molar-refractivity contribution < 1.29 is 4.79 Å². The molecule has 2 N–H and O–H groups in total. The van der Waals surface area contributed by atoms with Gasteiger partial charge in [-0.3, -0.25) is 4.79 Å². The lowest BCUT2D eigenvalue weighted by Crippen LogP contribution is -2.31. The zero-order chi connectivity index (χ0) is 12.4. The molecule has 0 radical (unpaired) electrons. The van der Waals surface area contributed by atoms with Crippen molar-refractivity contribution in [1.29, 1.82) is 0 Å². The summed E-state index contributed by atoms with van der Waals surface area (Å²) in [6.07, 6.45) is 0.860. The molecule has 17 heavy (non-hydrogen) atoms. The average molecular weight is 250 g/mol. The number of anilines is 1. The Morgan fingerprint density at radius 3 is 2.76 bits per heavy atom. The minimum Gasteiger partial charge on any atom is -0.324 e. The molecule has 0 bridgehead atoms. The van der Waals surface area contributed by atoms with Crippen LogP contribution in [0.4, 0.5) is 5.69 Å². The zero-order valence-electron chi connectivity index (χ0n) is 10.5. The van der Waals surface area contributed by atoms with Crippen molar-refractivity contribution in [3.05, 3.63) is 23.3 Å². The number of rotatable bonds is 3. The first kappa shape index (κ1) is 12.5. The first-order chi connectivity index (χ1) is 8.11. The Morgan fingerprint density at radius 2 is 2.06 bits per heavy atom. The largest absolute Gasteiger partial charge is 0.324 e. The number of aryl methyl sites for hydroxylation is 2. The lowest BCUT2D eigenvalue weighted by Gasteiger charge is -2.25. The molecule has 1 aliphatic rings. The molecule has 3 nitrogen and oxygen atoms in total. The van der Waals surface area contributed by atoms with Gasteiger partial charge in [0.1, 0.15) is 0 Å². The molecule has 0 aliphatic carbocycles. The van der Waals surface area contributed by atoms with Gasteiger partial charge in [0.2, 0.25) is 5.91 Å². The van der Waals surface area contributed by atoms with Crippen LogP contribution in [0.5, 0.6) is 0 Å². The third kappa shape index (κ3) is 2.64. The summed E-state index contributed by atoms with van der Waals surface area (Å²) in [5.41, 5.74) is 3.46. The van der Waals surface area contributed by atoms with E-state index in [2.05, 4.69) is 36.6 Å². The number of fused-ring (bicyclic) bond motifs is 1. The molecule has 1 unspecified atom stereocenters. The summed E-state index contributed by atoms with van der Waals surface area (Å²) in [5.74, 6) is 0.126. The van der Waals surface area contributed by atoms with Crippen LogP contribution in [0, 0.1) is 13.8 Å². The monoisotopic (exact) mass is 250 g/mol. The van der Waals surface area contributed by atoms with Crippen LogP contribution in [0.1, 0.15) is 17.5 Å². The molecule has 4 heteroatoms. The Labute approximate surface area is 106 Å². The van der Waals surface area contributed by atoms with Crippen molar-refractivity contribution in [1.82, 2.24) is 5.32 Å². The summed E-state index contributed by atoms with van der Waals surface area (Å²) >= 11 is 1.68. The maximum Gasteiger partial charge on any atom is 0.237 e. The van der Waals surface area contributed by atoms with E-state index in [0.717, 1.165) is 18.7 Å². The first-order valence-electron chi connectivity index (χ1n) is 5.85. The Bertz CT molecular complexity index is 445. The highest BCUT2D eigenvalue weighted by Gasteiger charge is 2.26. The molecule has 1 aromatic rings. The number of hydrogen-bond donors (Lipinski definition) is 2. The van der Waals surface area contributed by atoms with E-state index < -0.39 is 0 Å². The highest BCUT2D eigenvalue weighted by Crippen LogP contribution is 2.38. The second kappa shape index (κ2) is 5.10. The van der Waals surface area contributed by atoms with E-state index in [9.17, 15) is 4.79 Å². The molecule has 0 spiro atoms. The average Bonchev–Trinajstić information content (AvgIpc) is 2.29. The van der Waals surface area contributed by atoms with Crippen LogP contribution in [0.25, 0.3) is 0 Å². The minimum absolute atomic E-state index is 0.0251. The number of carbonyl (C=O) groups is 1. The number of amides is 1. The number of hydrogen-bond acceptors (Lipinski definition) is 3. The van der Waals surface area contributed by atoms with E-state index in [1.54, 1.807) is 11.8 Å². The van der Waals surface area contributed by atoms with Gasteiger partial charge in [-0.1, -0.05) is 0 Å². The van der Waals surface area contributed by atoms with Crippen LogP contribution in [0.3, 0.4) is 0 Å². The van der Waals surface area contributed by atoms with Crippen LogP contribution in [0.15, 0.2) is 17.0 Å². The van der Waals surface area contributed by atoms with Gasteiger partial charge in [-0.25, -0.2) is 0 Å². The summed E-state index contributed by atoms with van der Waals surface area (Å²) in [6, 6.07) is 4.23. The van der Waals surface area contributed by atoms with E-state index in [0.29, 0.717) is 0 Å². The van der Waals surface area contributed by atoms with E-state index in [4.69, 9.17) is 0 Å². The van der Waals surface area contributed by atoms with Crippen LogP contribution in [-0.2, 0) is 4.79 Å². The van der Waals surface area contributed by atoms with Gasteiger partial charge >= 0.3 is 0 Å². The van der Waals surface area contributed by atoms with Crippen LogP contribution < -0.4 is 10.6 Å². The van der Waals surface area contributed by atoms with Crippen molar-refractivity contribution in [2.75, 3.05) is 18.9 Å². The van der Waals surface area contributed by atoms with E-state index in [1.807, 2.05) is 7.05 Å². The smallest absolute Gasteiger partial charge is 0.237 e. The van der Waals surface area contributed by atoms with Gasteiger partial charge in [0.05, 0.1) is 10.9 Å². The molecular formula is C13H18N2OS. The van der Waals surface area contributed by atoms with Crippen molar-refractivity contribution in [3.63, 3.8) is 0 Å². The van der Waals surface area contributed by atoms with Crippen LogP contribution in [-0.4, -0.2) is 24.7 Å². The Hall–Kier alpha value is -1.00. The predicted molar refractivity (Wildman–Crippen MR) is 72.7 cm³/mol. The van der Waals surface area contributed by atoms with Gasteiger partial charge in [-0.05, 0) is 57.1 Å². The second-order valence-electron chi connectivity index (χ2n) is 4.42. The molecule has 2 rings (SSSR count). The summed E-state index contributed by atoms with van der Waals surface area (Å²) in [6.45, 7) is 5.04. The third-order valence-electron chi connectivity index (χ3n) is 3.07. The SMILES string of the molecule is CNCCC1Sc2cc(C)c(C)cc2NC1=O. The standard InChI is InChI=1S/C13H18N2OS/c1-8-6-10-12(7-9(8)2)17-11(4-5-14-3)13(16)15-10/h6-7,11,14H,4-5H2,1-3H3,(H,15,16). The molecule has 1 amide bonds. The first-order valence-corrected chi connectivity index (χ1v) is 6.73. The number of nitrogens with one attached hydrogen (secondary N) is 2. The maximum absolute atomic E-state index is 11.9. The molecular weight excluding hydrogens is 232 g/mol. The second-order valence-corrected chi connectivity index (χ2v) is 5.67. The van der Waals surface area contributed by atoms with Gasteiger partial charge in [0, 0.05) is 4.90 Å². The van der Waals surface area contributed by atoms with Crippen molar-refractivity contribution >= 4 is 23.4 Å². The maximum atomic E-state index is 11.9. The van der Waals surface area contributed by atoms with E-state index in [1.165, 1.54) is 16.0 Å². The number of carbonyl (C=O) groups excluding carboxylic acids is 1. The lowest BCUT2D eigenvalue weighted by atomic mass is 10.1. The van der Waals surface area contributed by atoms with Gasteiger partial charge < -0.3 is 10.6 Å². The fraction of sp³-hybridized carbons (Fsp3) is 0.462. The van der Waals surface area contributed by atoms with E-state index in [-0.39, 0.29) is 11.2 Å². The normalized spacial score (nSPS) is 18.8. The molecule has 0 saturated carbocycles. The fourth-order valence-electron chi connectivity index (χ4n) is 1.87. The van der Waals surface area contributed by atoms with Crippen LogP contribution >= 0.6 is 11.8 Å². The lowest BCUT2D eigenvalue weighted by molar-refractivity contribution is -0.115. The topological polar surface area (TPSA) is 41.1 Å². The summed E-state index contributed by atoms with van der Waals surface area (Å²) in [7, 11) is 1.91.